The van der Waals surface area contributed by atoms with E-state index >= 15 is 0 Å². The van der Waals surface area contributed by atoms with Crippen molar-refractivity contribution in [1.82, 2.24) is 0 Å². The molecule has 0 radical (unpaired) electrons. The van der Waals surface area contributed by atoms with Crippen LogP contribution in [-0.4, -0.2) is 5.78 Å². The average molecular weight is 472 g/mol. The van der Waals surface area contributed by atoms with Crippen molar-refractivity contribution in [3.63, 3.8) is 0 Å². The minimum atomic E-state index is -0.136. The number of carbonyl (C=O) groups excluding carboxylic acids is 1. The molecule has 0 atom stereocenters. The van der Waals surface area contributed by atoms with Gasteiger partial charge in [0.05, 0.1) is 23.7 Å². The predicted octanol–water partition coefficient (Wildman–Crippen LogP) is 6.96. The lowest BCUT2D eigenvalue weighted by atomic mass is 9.99. The highest BCUT2D eigenvalue weighted by atomic mass is 79.9. The maximum absolute atomic E-state index is 13.2. The van der Waals surface area contributed by atoms with Crippen LogP contribution in [0.4, 0.5) is 0 Å². The minimum absolute atomic E-state index is 0.136. The lowest BCUT2D eigenvalue weighted by Crippen LogP contribution is -2.01. The predicted molar refractivity (Wildman–Crippen MR) is 107 cm³/mol. The molecule has 0 aliphatic carbocycles. The van der Waals surface area contributed by atoms with Gasteiger partial charge in [-0.2, -0.15) is 0 Å². The summed E-state index contributed by atoms with van der Waals surface area (Å²) in [5, 5.41) is 0. The van der Waals surface area contributed by atoms with Crippen molar-refractivity contribution in [2.45, 2.75) is 0 Å². The first kappa shape index (κ1) is 17.1. The first-order valence-electron chi connectivity index (χ1n) is 7.85. The standard InChI is InChI=1S/C21H12Br2O3/c22-15-5-1-13(2-6-15)20-17(9-11-25-20)19(24)18-10-12-26-21(18)14-3-7-16(23)8-4-14/h1-12H. The van der Waals surface area contributed by atoms with E-state index in [1.54, 1.807) is 12.1 Å². The molecular weight excluding hydrogens is 460 g/mol. The van der Waals surface area contributed by atoms with E-state index in [4.69, 9.17) is 8.83 Å². The molecule has 3 nitrogen and oxygen atoms in total. The molecule has 0 N–H and O–H groups in total. The number of hydrogen-bond donors (Lipinski definition) is 0. The van der Waals surface area contributed by atoms with Gasteiger partial charge in [0.25, 0.3) is 0 Å². The van der Waals surface area contributed by atoms with E-state index in [0.29, 0.717) is 22.6 Å². The van der Waals surface area contributed by atoms with E-state index in [2.05, 4.69) is 31.9 Å². The second kappa shape index (κ2) is 7.09. The second-order valence-electron chi connectivity index (χ2n) is 5.67. The Balaban J connectivity index is 1.75. The van der Waals surface area contributed by atoms with Crippen molar-refractivity contribution >= 4 is 37.6 Å². The summed E-state index contributed by atoms with van der Waals surface area (Å²) < 4.78 is 13.1. The molecule has 5 heteroatoms. The van der Waals surface area contributed by atoms with Crippen molar-refractivity contribution in [3.05, 3.63) is 93.3 Å². The normalized spacial score (nSPS) is 10.8. The molecule has 0 unspecified atom stereocenters. The van der Waals surface area contributed by atoms with Crippen molar-refractivity contribution in [3.8, 4) is 22.6 Å². The molecule has 0 aliphatic rings. The number of carbonyl (C=O) groups is 1. The van der Waals surface area contributed by atoms with E-state index in [1.165, 1.54) is 12.5 Å². The molecule has 4 aromatic rings. The van der Waals surface area contributed by atoms with Crippen LogP contribution in [0, 0.1) is 0 Å². The van der Waals surface area contributed by atoms with Gasteiger partial charge in [-0.25, -0.2) is 0 Å². The summed E-state index contributed by atoms with van der Waals surface area (Å²) in [6.45, 7) is 0. The summed E-state index contributed by atoms with van der Waals surface area (Å²) in [5.41, 5.74) is 2.70. The van der Waals surface area contributed by atoms with Crippen molar-refractivity contribution in [2.24, 2.45) is 0 Å². The average Bonchev–Trinajstić information content (AvgIpc) is 3.32. The molecule has 0 saturated carbocycles. The Morgan fingerprint density at radius 3 is 1.38 bits per heavy atom. The smallest absolute Gasteiger partial charge is 0.200 e. The SMILES string of the molecule is O=C(c1ccoc1-c1ccc(Br)cc1)c1ccoc1-c1ccc(Br)cc1. The molecule has 2 aromatic carbocycles. The molecule has 0 saturated heterocycles. The summed E-state index contributed by atoms with van der Waals surface area (Å²) in [4.78, 5) is 13.2. The third kappa shape index (κ3) is 3.20. The fourth-order valence-corrected chi connectivity index (χ4v) is 3.30. The zero-order chi connectivity index (χ0) is 18.1. The van der Waals surface area contributed by atoms with E-state index < -0.39 is 0 Å². The van der Waals surface area contributed by atoms with Crippen LogP contribution in [0.2, 0.25) is 0 Å². The maximum atomic E-state index is 13.2. The monoisotopic (exact) mass is 470 g/mol. The number of benzene rings is 2. The van der Waals surface area contributed by atoms with E-state index in [1.807, 2.05) is 48.5 Å². The first-order valence-corrected chi connectivity index (χ1v) is 9.43. The van der Waals surface area contributed by atoms with Crippen LogP contribution in [0.3, 0.4) is 0 Å². The van der Waals surface area contributed by atoms with Crippen LogP contribution in [-0.2, 0) is 0 Å². The third-order valence-corrected chi connectivity index (χ3v) is 5.09. The van der Waals surface area contributed by atoms with Crippen molar-refractivity contribution < 1.29 is 13.6 Å². The van der Waals surface area contributed by atoms with Gasteiger partial charge in [-0.1, -0.05) is 56.1 Å². The lowest BCUT2D eigenvalue weighted by molar-refractivity contribution is 0.103. The zero-order valence-electron chi connectivity index (χ0n) is 13.4. The van der Waals surface area contributed by atoms with Crippen LogP contribution in [0.1, 0.15) is 15.9 Å². The molecule has 4 rings (SSSR count). The highest BCUT2D eigenvalue weighted by Crippen LogP contribution is 2.32. The quantitative estimate of drug-likeness (QED) is 0.302. The second-order valence-corrected chi connectivity index (χ2v) is 7.50. The summed E-state index contributed by atoms with van der Waals surface area (Å²) in [6, 6.07) is 18.7. The van der Waals surface area contributed by atoms with Crippen LogP contribution in [0.15, 0.2) is 91.0 Å². The zero-order valence-corrected chi connectivity index (χ0v) is 16.6. The van der Waals surface area contributed by atoms with Gasteiger partial charge in [0.1, 0.15) is 11.5 Å². The largest absolute Gasteiger partial charge is 0.464 e. The van der Waals surface area contributed by atoms with Gasteiger partial charge < -0.3 is 8.83 Å². The third-order valence-electron chi connectivity index (χ3n) is 4.03. The number of hydrogen-bond acceptors (Lipinski definition) is 3. The topological polar surface area (TPSA) is 43.4 Å². The fraction of sp³-hybridized carbons (Fsp3) is 0. The molecular formula is C21H12Br2O3. The van der Waals surface area contributed by atoms with E-state index in [9.17, 15) is 4.79 Å². The molecule has 26 heavy (non-hydrogen) atoms. The van der Waals surface area contributed by atoms with Gasteiger partial charge in [-0.05, 0) is 36.4 Å². The highest BCUT2D eigenvalue weighted by molar-refractivity contribution is 9.10. The Hall–Kier alpha value is -2.37. The number of halogens is 2. The van der Waals surface area contributed by atoms with E-state index in [0.717, 1.165) is 20.1 Å². The lowest BCUT2D eigenvalue weighted by Gasteiger charge is -2.04. The molecule has 0 aliphatic heterocycles. The Morgan fingerprint density at radius 1 is 0.615 bits per heavy atom. The van der Waals surface area contributed by atoms with Gasteiger partial charge in [0.2, 0.25) is 5.78 Å². The molecule has 0 bridgehead atoms. The summed E-state index contributed by atoms with van der Waals surface area (Å²) in [5.74, 6) is 0.958. The minimum Gasteiger partial charge on any atom is -0.464 e. The van der Waals surface area contributed by atoms with Crippen LogP contribution < -0.4 is 0 Å². The summed E-state index contributed by atoms with van der Waals surface area (Å²) in [6.07, 6.45) is 3.06. The molecule has 2 heterocycles. The van der Waals surface area contributed by atoms with Crippen LogP contribution >= 0.6 is 31.9 Å². The van der Waals surface area contributed by atoms with Gasteiger partial charge >= 0.3 is 0 Å². The Morgan fingerprint density at radius 2 is 1.00 bits per heavy atom. The van der Waals surface area contributed by atoms with Crippen molar-refractivity contribution in [1.29, 1.82) is 0 Å². The molecule has 2 aromatic heterocycles. The molecule has 0 spiro atoms. The first-order chi connectivity index (χ1) is 12.6. The Kier molecular flexibility index (Phi) is 4.66. The van der Waals surface area contributed by atoms with Gasteiger partial charge in [0.15, 0.2) is 0 Å². The molecule has 0 amide bonds. The van der Waals surface area contributed by atoms with Crippen molar-refractivity contribution in [2.75, 3.05) is 0 Å². The van der Waals surface area contributed by atoms with Gasteiger partial charge in [-0.3, -0.25) is 4.79 Å². The highest BCUT2D eigenvalue weighted by Gasteiger charge is 2.23. The van der Waals surface area contributed by atoms with Gasteiger partial charge in [0, 0.05) is 20.1 Å². The Labute approximate surface area is 166 Å². The summed E-state index contributed by atoms with van der Waals surface area (Å²) >= 11 is 6.83. The van der Waals surface area contributed by atoms with Gasteiger partial charge in [-0.15, -0.1) is 0 Å². The number of furan rings is 2. The maximum Gasteiger partial charge on any atom is 0.200 e. The Bertz CT molecular complexity index is 972. The molecule has 0 fully saturated rings. The van der Waals surface area contributed by atoms with Crippen LogP contribution in [0.25, 0.3) is 22.6 Å². The molecule has 128 valence electrons. The number of ketones is 1. The van der Waals surface area contributed by atoms with Crippen LogP contribution in [0.5, 0.6) is 0 Å². The fourth-order valence-electron chi connectivity index (χ4n) is 2.77. The summed E-state index contributed by atoms with van der Waals surface area (Å²) in [7, 11) is 0. The van der Waals surface area contributed by atoms with E-state index in [-0.39, 0.29) is 5.78 Å². The number of rotatable bonds is 4.